The van der Waals surface area contributed by atoms with Gasteiger partial charge < -0.3 is 9.72 Å². The number of rotatable bonds is 5. The second-order valence-electron chi connectivity index (χ2n) is 10.4. The number of nitrogens with zero attached hydrogens (tertiary/aromatic N) is 4. The van der Waals surface area contributed by atoms with Crippen LogP contribution in [0.3, 0.4) is 0 Å². The first-order valence-corrected chi connectivity index (χ1v) is 13.4. The van der Waals surface area contributed by atoms with Gasteiger partial charge in [-0.25, -0.2) is 13.8 Å². The maximum absolute atomic E-state index is 14.5. The number of benzene rings is 2. The van der Waals surface area contributed by atoms with Crippen LogP contribution in [-0.2, 0) is 23.2 Å². The zero-order chi connectivity index (χ0) is 26.6. The highest BCUT2D eigenvalue weighted by Gasteiger charge is 2.50. The number of hydrogen-bond acceptors (Lipinski definition) is 5. The Morgan fingerprint density at radius 2 is 1.87 bits per heavy atom. The molecule has 8 nitrogen and oxygen atoms in total. The van der Waals surface area contributed by atoms with E-state index >= 15 is 0 Å². The Morgan fingerprint density at radius 3 is 2.64 bits per heavy atom. The SMILES string of the molecule is CCn1cc([C@]2(C3CCOCC3)N[C@@H](c3nc(-c4ccc(F)cc4)n[nH]3)Cc3c2[nH]c2ccc(F)cc32)cn1. The van der Waals surface area contributed by atoms with E-state index in [0.717, 1.165) is 52.7 Å². The summed E-state index contributed by atoms with van der Waals surface area (Å²) in [5, 5.41) is 17.1. The average molecular weight is 530 g/mol. The van der Waals surface area contributed by atoms with Crippen LogP contribution < -0.4 is 5.32 Å². The van der Waals surface area contributed by atoms with E-state index in [0.29, 0.717) is 31.3 Å². The van der Waals surface area contributed by atoms with Crippen LogP contribution in [0.25, 0.3) is 22.3 Å². The van der Waals surface area contributed by atoms with E-state index in [9.17, 15) is 8.78 Å². The van der Waals surface area contributed by atoms with Crippen molar-refractivity contribution < 1.29 is 13.5 Å². The van der Waals surface area contributed by atoms with Crippen molar-refractivity contribution in [2.75, 3.05) is 13.2 Å². The van der Waals surface area contributed by atoms with Crippen LogP contribution in [0, 0.1) is 17.6 Å². The summed E-state index contributed by atoms with van der Waals surface area (Å²) in [4.78, 5) is 8.51. The lowest BCUT2D eigenvalue weighted by molar-refractivity contribution is 0.0302. The number of halogens is 2. The van der Waals surface area contributed by atoms with E-state index in [1.165, 1.54) is 18.2 Å². The van der Waals surface area contributed by atoms with Crippen LogP contribution in [0.2, 0.25) is 0 Å². The molecule has 1 saturated heterocycles. The molecule has 39 heavy (non-hydrogen) atoms. The minimum absolute atomic E-state index is 0.194. The third kappa shape index (κ3) is 3.97. The lowest BCUT2D eigenvalue weighted by Gasteiger charge is -2.47. The van der Waals surface area contributed by atoms with Crippen molar-refractivity contribution in [1.29, 1.82) is 0 Å². The van der Waals surface area contributed by atoms with E-state index in [2.05, 4.69) is 38.7 Å². The predicted molar refractivity (Wildman–Crippen MR) is 142 cm³/mol. The Kier molecular flexibility index (Phi) is 5.82. The first kappa shape index (κ1) is 24.2. The number of aromatic amines is 2. The summed E-state index contributed by atoms with van der Waals surface area (Å²) in [6.07, 6.45) is 6.35. The molecule has 0 bridgehead atoms. The van der Waals surface area contributed by atoms with Crippen LogP contribution in [0.4, 0.5) is 8.78 Å². The Labute approximate surface area is 223 Å². The number of nitrogens with one attached hydrogen (secondary N) is 3. The van der Waals surface area contributed by atoms with E-state index < -0.39 is 5.54 Å². The van der Waals surface area contributed by atoms with E-state index in [1.807, 2.05) is 16.9 Å². The van der Waals surface area contributed by atoms with E-state index in [4.69, 9.17) is 9.72 Å². The van der Waals surface area contributed by atoms with Gasteiger partial charge in [0.25, 0.3) is 0 Å². The molecule has 2 atom stereocenters. The van der Waals surface area contributed by atoms with Gasteiger partial charge in [-0.1, -0.05) is 0 Å². The summed E-state index contributed by atoms with van der Waals surface area (Å²) in [7, 11) is 0. The van der Waals surface area contributed by atoms with Crippen LogP contribution in [0.5, 0.6) is 0 Å². The number of H-pyrrole nitrogens is 2. The molecule has 3 aromatic heterocycles. The number of fused-ring (bicyclic) bond motifs is 3. The Hall–Kier alpha value is -3.89. The van der Waals surface area contributed by atoms with Gasteiger partial charge in [-0.05, 0) is 80.1 Å². The van der Waals surface area contributed by atoms with Gasteiger partial charge in [0.05, 0.1) is 17.8 Å². The molecule has 0 amide bonds. The van der Waals surface area contributed by atoms with E-state index in [-0.39, 0.29) is 23.6 Å². The summed E-state index contributed by atoms with van der Waals surface area (Å²) >= 11 is 0. The summed E-state index contributed by atoms with van der Waals surface area (Å²) in [5.74, 6) is 0.785. The lowest BCUT2D eigenvalue weighted by Crippen LogP contribution is -2.55. The second-order valence-corrected chi connectivity index (χ2v) is 10.4. The maximum atomic E-state index is 14.5. The van der Waals surface area contributed by atoms with Gasteiger partial charge in [-0.2, -0.15) is 10.2 Å². The molecule has 0 aliphatic carbocycles. The van der Waals surface area contributed by atoms with Crippen molar-refractivity contribution in [2.45, 2.75) is 44.3 Å². The summed E-state index contributed by atoms with van der Waals surface area (Å²) in [6.45, 7) is 4.16. The molecule has 0 unspecified atom stereocenters. The lowest BCUT2D eigenvalue weighted by atomic mass is 9.69. The minimum Gasteiger partial charge on any atom is -0.381 e. The summed E-state index contributed by atoms with van der Waals surface area (Å²) in [6, 6.07) is 10.8. The largest absolute Gasteiger partial charge is 0.381 e. The smallest absolute Gasteiger partial charge is 0.181 e. The van der Waals surface area contributed by atoms with Crippen LogP contribution in [-0.4, -0.2) is 43.2 Å². The van der Waals surface area contributed by atoms with Crippen LogP contribution >= 0.6 is 0 Å². The highest BCUT2D eigenvalue weighted by molar-refractivity contribution is 5.86. The molecule has 2 aliphatic heterocycles. The summed E-state index contributed by atoms with van der Waals surface area (Å²) < 4.78 is 35.7. The normalized spacial score (nSPS) is 21.9. The average Bonchev–Trinajstić information content (AvgIpc) is 3.72. The predicted octanol–water partition coefficient (Wildman–Crippen LogP) is 5.00. The number of hydrogen-bond donors (Lipinski definition) is 3. The van der Waals surface area contributed by atoms with Crippen molar-refractivity contribution in [3.05, 3.63) is 89.1 Å². The van der Waals surface area contributed by atoms with Gasteiger partial charge in [0.15, 0.2) is 5.82 Å². The number of ether oxygens (including phenoxy) is 1. The van der Waals surface area contributed by atoms with Gasteiger partial charge in [-0.3, -0.25) is 15.1 Å². The Balaban J connectivity index is 1.41. The van der Waals surface area contributed by atoms with Gasteiger partial charge in [0.1, 0.15) is 17.5 Å². The molecular formula is C29H29F2N7O. The third-order valence-electron chi connectivity index (χ3n) is 8.25. The standard InChI is InChI=1S/C29H29F2N7O/c1-2-38-16-19(15-32-38)29(18-9-11-39-12-10-18)26-23(22-13-21(31)7-8-24(22)33-26)14-25(35-29)28-34-27(36-37-28)17-3-5-20(30)6-4-17/h3-8,13,15-16,18,25,33,35H,2,9-12,14H2,1H3,(H,34,36,37)/t25-,29+/m1/s1. The molecule has 2 aliphatic rings. The molecule has 10 heteroatoms. The van der Waals surface area contributed by atoms with Crippen molar-refractivity contribution >= 4 is 10.9 Å². The summed E-state index contributed by atoms with van der Waals surface area (Å²) in [5.41, 5.74) is 4.14. The molecule has 1 fully saturated rings. The number of aryl methyl sites for hydroxylation is 1. The fraction of sp³-hybridized carbons (Fsp3) is 0.345. The van der Waals surface area contributed by atoms with Crippen LogP contribution in [0.1, 0.15) is 48.5 Å². The third-order valence-corrected chi connectivity index (χ3v) is 8.25. The first-order valence-electron chi connectivity index (χ1n) is 13.4. The molecule has 5 aromatic rings. The molecule has 0 saturated carbocycles. The molecule has 7 rings (SSSR count). The minimum atomic E-state index is -0.631. The molecule has 200 valence electrons. The molecule has 0 radical (unpaired) electrons. The zero-order valence-electron chi connectivity index (χ0n) is 21.5. The van der Waals surface area contributed by atoms with Gasteiger partial charge in [0, 0.05) is 53.7 Å². The van der Waals surface area contributed by atoms with Crippen molar-refractivity contribution in [2.24, 2.45) is 5.92 Å². The molecule has 2 aromatic carbocycles. The second kappa shape index (κ2) is 9.39. The number of aromatic nitrogens is 6. The molecule has 0 spiro atoms. The van der Waals surface area contributed by atoms with E-state index in [1.54, 1.807) is 18.2 Å². The molecule has 5 heterocycles. The van der Waals surface area contributed by atoms with Gasteiger partial charge in [0.2, 0.25) is 0 Å². The van der Waals surface area contributed by atoms with Gasteiger partial charge in [-0.15, -0.1) is 0 Å². The molecular weight excluding hydrogens is 500 g/mol. The van der Waals surface area contributed by atoms with Crippen molar-refractivity contribution in [3.8, 4) is 11.4 Å². The first-order chi connectivity index (χ1) is 19.0. The highest BCUT2D eigenvalue weighted by atomic mass is 19.1. The topological polar surface area (TPSA) is 96.4 Å². The van der Waals surface area contributed by atoms with Crippen LogP contribution in [0.15, 0.2) is 54.9 Å². The Morgan fingerprint density at radius 1 is 1.08 bits per heavy atom. The fourth-order valence-corrected chi connectivity index (χ4v) is 6.35. The van der Waals surface area contributed by atoms with Gasteiger partial charge >= 0.3 is 0 Å². The van der Waals surface area contributed by atoms with Crippen molar-refractivity contribution in [1.82, 2.24) is 35.3 Å². The monoisotopic (exact) mass is 529 g/mol. The fourth-order valence-electron chi connectivity index (χ4n) is 6.35. The van der Waals surface area contributed by atoms with Crippen molar-refractivity contribution in [3.63, 3.8) is 0 Å². The maximum Gasteiger partial charge on any atom is 0.181 e. The quantitative estimate of drug-likeness (QED) is 0.298. The Bertz CT molecular complexity index is 1630. The highest BCUT2D eigenvalue weighted by Crippen LogP contribution is 2.49. The zero-order valence-corrected chi connectivity index (χ0v) is 21.5. The molecule has 3 N–H and O–H groups in total.